The van der Waals surface area contributed by atoms with E-state index in [0.29, 0.717) is 18.4 Å². The Morgan fingerprint density at radius 3 is 2.10 bits per heavy atom. The average Bonchev–Trinajstić information content (AvgIpc) is 2.99. The summed E-state index contributed by atoms with van der Waals surface area (Å²) < 4.78 is 5.41. The van der Waals surface area contributed by atoms with Gasteiger partial charge in [-0.15, -0.1) is 0 Å². The molecule has 1 aromatic carbocycles. The van der Waals surface area contributed by atoms with E-state index in [2.05, 4.69) is 26.6 Å². The number of carbonyl (C=O) groups is 6. The van der Waals surface area contributed by atoms with Gasteiger partial charge in [0.2, 0.25) is 11.8 Å². The molecule has 1 unspecified atom stereocenters. The predicted octanol–water partition coefficient (Wildman–Crippen LogP) is 3.68. The lowest BCUT2D eigenvalue weighted by Gasteiger charge is -2.35. The SMILES string of the molecule is CCC(C)(CC(C)(C)NC(=O)c1cc(NC(=O)[C@H](CCCNC(N)=O)NC(=O)[C@@H](NC(C)C)C(C)C)ccc1COC(=O)C(C)C)C(=O)O. The number of ether oxygens (including phenoxy) is 1. The number of nitrogens with two attached hydrogens (primary N) is 1. The van der Waals surface area contributed by atoms with Crippen LogP contribution >= 0.6 is 0 Å². The molecule has 8 N–H and O–H groups in total. The van der Waals surface area contributed by atoms with Crippen LogP contribution in [0.4, 0.5) is 10.5 Å². The van der Waals surface area contributed by atoms with Crippen LogP contribution in [0, 0.1) is 17.3 Å². The van der Waals surface area contributed by atoms with Crippen molar-refractivity contribution in [3.05, 3.63) is 29.3 Å². The van der Waals surface area contributed by atoms with Crippen molar-refractivity contribution in [1.29, 1.82) is 0 Å². The van der Waals surface area contributed by atoms with Crippen LogP contribution in [0.15, 0.2) is 18.2 Å². The first kappa shape index (κ1) is 42.8. The number of carbonyl (C=O) groups excluding carboxylic acids is 5. The van der Waals surface area contributed by atoms with Crippen LogP contribution in [0.3, 0.4) is 0 Å². The lowest BCUT2D eigenvalue weighted by Crippen LogP contribution is -2.54. The van der Waals surface area contributed by atoms with Gasteiger partial charge in [0.15, 0.2) is 0 Å². The molecule has 49 heavy (non-hydrogen) atoms. The number of esters is 1. The highest BCUT2D eigenvalue weighted by Crippen LogP contribution is 2.32. The largest absolute Gasteiger partial charge is 0.481 e. The van der Waals surface area contributed by atoms with Crippen LogP contribution in [-0.4, -0.2) is 71.0 Å². The van der Waals surface area contributed by atoms with Crippen molar-refractivity contribution in [2.45, 2.75) is 125 Å². The Balaban J connectivity index is 3.44. The second-order valence-electron chi connectivity index (χ2n) is 14.4. The number of rotatable bonds is 20. The summed E-state index contributed by atoms with van der Waals surface area (Å²) in [6.45, 7) is 17.8. The molecule has 0 bridgehead atoms. The van der Waals surface area contributed by atoms with Crippen LogP contribution in [0.2, 0.25) is 0 Å². The van der Waals surface area contributed by atoms with E-state index in [1.165, 1.54) is 6.07 Å². The third-order valence-electron chi connectivity index (χ3n) is 8.11. The molecule has 0 aliphatic heterocycles. The van der Waals surface area contributed by atoms with Gasteiger partial charge < -0.3 is 42.2 Å². The van der Waals surface area contributed by atoms with Gasteiger partial charge in [-0.2, -0.15) is 0 Å². The van der Waals surface area contributed by atoms with Gasteiger partial charge in [0.25, 0.3) is 5.91 Å². The van der Waals surface area contributed by atoms with E-state index < -0.39 is 58.7 Å². The van der Waals surface area contributed by atoms with E-state index >= 15 is 0 Å². The fourth-order valence-corrected chi connectivity index (χ4v) is 5.26. The minimum absolute atomic E-state index is 0.0120. The molecular formula is C35H58N6O8. The highest BCUT2D eigenvalue weighted by Gasteiger charge is 2.38. The maximum atomic E-state index is 13.8. The zero-order valence-electron chi connectivity index (χ0n) is 30.7. The number of nitrogens with one attached hydrogen (secondary N) is 5. The Labute approximate surface area is 290 Å². The highest BCUT2D eigenvalue weighted by atomic mass is 16.5. The van der Waals surface area contributed by atoms with Crippen molar-refractivity contribution < 1.29 is 38.6 Å². The number of aliphatic carboxylic acids is 1. The monoisotopic (exact) mass is 690 g/mol. The molecule has 0 saturated carbocycles. The molecule has 14 nitrogen and oxygen atoms in total. The molecule has 1 rings (SSSR count). The van der Waals surface area contributed by atoms with E-state index in [1.54, 1.807) is 53.7 Å². The first-order valence-electron chi connectivity index (χ1n) is 16.9. The van der Waals surface area contributed by atoms with Gasteiger partial charge in [0.05, 0.1) is 17.4 Å². The molecule has 0 aliphatic carbocycles. The van der Waals surface area contributed by atoms with Gasteiger partial charge in [0.1, 0.15) is 12.6 Å². The summed E-state index contributed by atoms with van der Waals surface area (Å²) in [7, 11) is 0. The van der Waals surface area contributed by atoms with Crippen molar-refractivity contribution in [3.8, 4) is 0 Å². The minimum Gasteiger partial charge on any atom is -0.481 e. The number of anilines is 1. The summed E-state index contributed by atoms with van der Waals surface area (Å²) in [6, 6.07) is 2.30. The number of benzene rings is 1. The summed E-state index contributed by atoms with van der Waals surface area (Å²) >= 11 is 0. The van der Waals surface area contributed by atoms with E-state index in [9.17, 15) is 33.9 Å². The van der Waals surface area contributed by atoms with E-state index in [4.69, 9.17) is 10.5 Å². The van der Waals surface area contributed by atoms with Crippen LogP contribution < -0.4 is 32.3 Å². The molecule has 0 aliphatic rings. The molecule has 276 valence electrons. The number of carboxylic acids is 1. The Bertz CT molecular complexity index is 1330. The Morgan fingerprint density at radius 2 is 1.59 bits per heavy atom. The Hall–Kier alpha value is -4.20. The Kier molecular flexibility index (Phi) is 16.7. The van der Waals surface area contributed by atoms with Gasteiger partial charge >= 0.3 is 18.0 Å². The number of primary amides is 1. The number of carboxylic acid groups (broad SMARTS) is 1. The first-order valence-corrected chi connectivity index (χ1v) is 16.9. The normalized spacial score (nSPS) is 14.1. The summed E-state index contributed by atoms with van der Waals surface area (Å²) in [6.07, 6.45) is 0.998. The van der Waals surface area contributed by atoms with Gasteiger partial charge in [-0.05, 0) is 64.5 Å². The quantitative estimate of drug-likeness (QED) is 0.0783. The van der Waals surface area contributed by atoms with Crippen molar-refractivity contribution in [2.75, 3.05) is 11.9 Å². The lowest BCUT2D eigenvalue weighted by molar-refractivity contribution is -0.150. The number of amides is 5. The maximum absolute atomic E-state index is 13.8. The predicted molar refractivity (Wildman–Crippen MR) is 188 cm³/mol. The van der Waals surface area contributed by atoms with Crippen molar-refractivity contribution in [2.24, 2.45) is 23.0 Å². The molecule has 3 atom stereocenters. The van der Waals surface area contributed by atoms with Crippen molar-refractivity contribution in [3.63, 3.8) is 0 Å². The second-order valence-corrected chi connectivity index (χ2v) is 14.4. The van der Waals surface area contributed by atoms with Crippen molar-refractivity contribution in [1.82, 2.24) is 21.3 Å². The Morgan fingerprint density at radius 1 is 0.959 bits per heavy atom. The zero-order valence-corrected chi connectivity index (χ0v) is 30.7. The zero-order chi connectivity index (χ0) is 37.7. The van der Waals surface area contributed by atoms with Gasteiger partial charge in [-0.25, -0.2) is 4.79 Å². The van der Waals surface area contributed by atoms with E-state index in [-0.39, 0.29) is 55.1 Å². The van der Waals surface area contributed by atoms with Gasteiger partial charge in [0, 0.05) is 34.9 Å². The first-order chi connectivity index (χ1) is 22.6. The van der Waals surface area contributed by atoms with Crippen LogP contribution in [-0.2, 0) is 30.5 Å². The average molecular weight is 691 g/mol. The van der Waals surface area contributed by atoms with Crippen LogP contribution in [0.5, 0.6) is 0 Å². The molecule has 0 saturated heterocycles. The molecule has 0 aromatic heterocycles. The molecule has 1 aromatic rings. The van der Waals surface area contributed by atoms with E-state index in [1.807, 2.05) is 27.7 Å². The van der Waals surface area contributed by atoms with Crippen LogP contribution in [0.1, 0.15) is 111 Å². The molecular weight excluding hydrogens is 632 g/mol. The summed E-state index contributed by atoms with van der Waals surface area (Å²) in [5, 5.41) is 24.0. The summed E-state index contributed by atoms with van der Waals surface area (Å²) in [5.74, 6) is -3.37. The highest BCUT2D eigenvalue weighted by molar-refractivity contribution is 6.01. The third-order valence-corrected chi connectivity index (χ3v) is 8.11. The smallest absolute Gasteiger partial charge is 0.312 e. The molecule has 14 heteroatoms. The number of urea groups is 1. The lowest BCUT2D eigenvalue weighted by atomic mass is 9.76. The number of hydrogen-bond donors (Lipinski definition) is 7. The molecule has 0 spiro atoms. The topological polar surface area (TPSA) is 218 Å². The number of hydrogen-bond acceptors (Lipinski definition) is 8. The van der Waals surface area contributed by atoms with E-state index in [0.717, 1.165) is 0 Å². The second kappa shape index (κ2) is 19.1. The molecule has 5 amide bonds. The summed E-state index contributed by atoms with van der Waals surface area (Å²) in [4.78, 5) is 76.1. The molecule has 0 heterocycles. The fraction of sp³-hybridized carbons (Fsp3) is 0.657. The standard InChI is InChI=1S/C35H58N6O8/c1-11-35(10,32(46)47)19-34(8,9)41-28(42)25-17-24(15-14-23(25)18-49-31(45)21(4)5)39-29(43)26(13-12-16-37-33(36)48)40-30(44)27(20(2)3)38-22(6)7/h14-15,17,20-22,26-27,38H,11-13,16,18-19H2,1-10H3,(H,39,43)(H,40,44)(H,41,42)(H,46,47)(H3,36,37,48)/t26-,27-,35?/m0/s1. The maximum Gasteiger partial charge on any atom is 0.312 e. The van der Waals surface area contributed by atoms with Gasteiger partial charge in [-0.3, -0.25) is 24.0 Å². The van der Waals surface area contributed by atoms with Gasteiger partial charge in [-0.1, -0.05) is 54.5 Å². The third kappa shape index (κ3) is 14.4. The molecule has 0 radical (unpaired) electrons. The fourth-order valence-electron chi connectivity index (χ4n) is 5.26. The molecule has 0 fully saturated rings. The van der Waals surface area contributed by atoms with Crippen molar-refractivity contribution >= 4 is 41.4 Å². The van der Waals surface area contributed by atoms with Crippen LogP contribution in [0.25, 0.3) is 0 Å². The summed E-state index contributed by atoms with van der Waals surface area (Å²) in [5.41, 5.74) is 3.86. The minimum atomic E-state index is -1.09.